The van der Waals surface area contributed by atoms with E-state index in [4.69, 9.17) is 14.2 Å². The van der Waals surface area contributed by atoms with E-state index in [1.807, 2.05) is 20.8 Å². The second kappa shape index (κ2) is 8.45. The summed E-state index contributed by atoms with van der Waals surface area (Å²) >= 11 is 0. The monoisotopic (exact) mass is 328 g/mol. The third-order valence-electron chi connectivity index (χ3n) is 3.52. The zero-order valence-corrected chi connectivity index (χ0v) is 14.6. The summed E-state index contributed by atoms with van der Waals surface area (Å²) in [6.07, 6.45) is 2.64. The summed E-state index contributed by atoms with van der Waals surface area (Å²) in [5.41, 5.74) is -0.411. The molecule has 1 rings (SSSR count). The van der Waals surface area contributed by atoms with Crippen molar-refractivity contribution in [3.8, 4) is 0 Å². The molecule has 1 N–H and O–H groups in total. The Labute approximate surface area is 137 Å². The lowest BCUT2D eigenvalue weighted by molar-refractivity contribution is -0.158. The lowest BCUT2D eigenvalue weighted by Crippen LogP contribution is -2.40. The van der Waals surface area contributed by atoms with E-state index in [1.54, 1.807) is 19.1 Å². The second-order valence-electron chi connectivity index (χ2n) is 6.70. The first-order valence-electron chi connectivity index (χ1n) is 7.98. The molecule has 0 aromatic carbocycles. The van der Waals surface area contributed by atoms with E-state index in [1.165, 1.54) is 6.92 Å². The average molecular weight is 328 g/mol. The fourth-order valence-corrected chi connectivity index (χ4v) is 2.55. The predicted molar refractivity (Wildman–Crippen MR) is 84.6 cm³/mol. The van der Waals surface area contributed by atoms with Crippen LogP contribution in [0.5, 0.6) is 0 Å². The van der Waals surface area contributed by atoms with Crippen LogP contribution in [0.3, 0.4) is 0 Å². The Morgan fingerprint density at radius 3 is 2.48 bits per heavy atom. The van der Waals surface area contributed by atoms with Gasteiger partial charge >= 0.3 is 11.9 Å². The first kappa shape index (κ1) is 19.6. The van der Waals surface area contributed by atoms with E-state index in [-0.39, 0.29) is 31.2 Å². The number of ether oxygens (including phenoxy) is 3. The Kier molecular flexibility index (Phi) is 7.22. The highest BCUT2D eigenvalue weighted by Gasteiger charge is 2.39. The number of esters is 2. The molecule has 0 unspecified atom stereocenters. The van der Waals surface area contributed by atoms with Gasteiger partial charge in [-0.1, -0.05) is 6.08 Å². The van der Waals surface area contributed by atoms with Gasteiger partial charge in [0.2, 0.25) is 0 Å². The minimum absolute atomic E-state index is 0.0373. The quantitative estimate of drug-likeness (QED) is 0.567. The van der Waals surface area contributed by atoms with Crippen LogP contribution in [-0.4, -0.2) is 48.1 Å². The van der Waals surface area contributed by atoms with Gasteiger partial charge in [-0.15, -0.1) is 0 Å². The fourth-order valence-electron chi connectivity index (χ4n) is 2.55. The number of hydrogen-bond acceptors (Lipinski definition) is 6. The largest absolute Gasteiger partial charge is 0.466 e. The molecule has 6 heteroatoms. The maximum Gasteiger partial charge on any atom is 0.312 e. The first-order valence-corrected chi connectivity index (χ1v) is 7.98. The molecule has 4 atom stereocenters. The Bertz CT molecular complexity index is 437. The molecule has 0 radical (unpaired) electrons. The number of carbonyl (C=O) groups is 2. The topological polar surface area (TPSA) is 82.1 Å². The molecule has 132 valence electrons. The van der Waals surface area contributed by atoms with Crippen LogP contribution in [0.2, 0.25) is 0 Å². The zero-order valence-electron chi connectivity index (χ0n) is 14.6. The molecule has 0 heterocycles. The Hall–Kier alpha value is -1.40. The minimum Gasteiger partial charge on any atom is -0.466 e. The molecule has 6 nitrogen and oxygen atoms in total. The standard InChI is InChI=1S/C17H28O6/c1-6-21-16(20)15(14(19)10-22-17(3,4)5)12-7-8-13(9-12)23-11(2)18/h7-8,12-15,19H,6,9-10H2,1-5H3/t12-,13+,14+,15+/m1/s1. The molecule has 0 aromatic heterocycles. The molecule has 0 aliphatic heterocycles. The smallest absolute Gasteiger partial charge is 0.312 e. The van der Waals surface area contributed by atoms with Gasteiger partial charge < -0.3 is 19.3 Å². The molecular formula is C17H28O6. The van der Waals surface area contributed by atoms with Crippen LogP contribution in [-0.2, 0) is 23.8 Å². The van der Waals surface area contributed by atoms with Crippen molar-refractivity contribution in [2.45, 2.75) is 58.8 Å². The van der Waals surface area contributed by atoms with Crippen molar-refractivity contribution in [1.29, 1.82) is 0 Å². The molecule has 0 bridgehead atoms. The van der Waals surface area contributed by atoms with Gasteiger partial charge in [0.05, 0.1) is 30.8 Å². The Balaban J connectivity index is 2.75. The molecule has 1 aliphatic rings. The van der Waals surface area contributed by atoms with Gasteiger partial charge in [-0.05, 0) is 46.1 Å². The summed E-state index contributed by atoms with van der Waals surface area (Å²) in [4.78, 5) is 23.3. The van der Waals surface area contributed by atoms with Gasteiger partial charge in [-0.3, -0.25) is 9.59 Å². The van der Waals surface area contributed by atoms with E-state index in [2.05, 4.69) is 0 Å². The van der Waals surface area contributed by atoms with Gasteiger partial charge in [0.15, 0.2) is 0 Å². The lowest BCUT2D eigenvalue weighted by Gasteiger charge is -2.29. The molecule has 1 aliphatic carbocycles. The summed E-state index contributed by atoms with van der Waals surface area (Å²) in [5.74, 6) is -1.83. The van der Waals surface area contributed by atoms with E-state index in [0.717, 1.165) is 0 Å². The first-order chi connectivity index (χ1) is 10.6. The van der Waals surface area contributed by atoms with Crippen LogP contribution in [0.25, 0.3) is 0 Å². The second-order valence-corrected chi connectivity index (χ2v) is 6.70. The van der Waals surface area contributed by atoms with Gasteiger partial charge in [0.25, 0.3) is 0 Å². The van der Waals surface area contributed by atoms with Gasteiger partial charge in [0.1, 0.15) is 6.10 Å². The van der Waals surface area contributed by atoms with Crippen LogP contribution in [0.4, 0.5) is 0 Å². The van der Waals surface area contributed by atoms with E-state index in [9.17, 15) is 14.7 Å². The molecule has 23 heavy (non-hydrogen) atoms. The number of hydrogen-bond donors (Lipinski definition) is 1. The molecule has 0 amide bonds. The van der Waals surface area contributed by atoms with Crippen molar-refractivity contribution in [2.75, 3.05) is 13.2 Å². The van der Waals surface area contributed by atoms with Gasteiger partial charge in [-0.2, -0.15) is 0 Å². The normalized spacial score (nSPS) is 23.4. The highest BCUT2D eigenvalue weighted by Crippen LogP contribution is 2.31. The predicted octanol–water partition coefficient (Wildman–Crippen LogP) is 1.85. The van der Waals surface area contributed by atoms with Gasteiger partial charge in [0, 0.05) is 6.92 Å². The van der Waals surface area contributed by atoms with Crippen LogP contribution in [0.1, 0.15) is 41.0 Å². The minimum atomic E-state index is -0.987. The van der Waals surface area contributed by atoms with Crippen molar-refractivity contribution < 1.29 is 28.9 Å². The summed E-state index contributed by atoms with van der Waals surface area (Å²) in [6.45, 7) is 8.98. The highest BCUT2D eigenvalue weighted by molar-refractivity contribution is 5.74. The lowest BCUT2D eigenvalue weighted by atomic mass is 9.87. The van der Waals surface area contributed by atoms with Crippen molar-refractivity contribution in [3.63, 3.8) is 0 Å². The van der Waals surface area contributed by atoms with Crippen molar-refractivity contribution >= 4 is 11.9 Å². The summed E-state index contributed by atoms with van der Waals surface area (Å²) < 4.78 is 15.8. The van der Waals surface area contributed by atoms with E-state index >= 15 is 0 Å². The molecule has 0 saturated heterocycles. The summed E-state index contributed by atoms with van der Waals surface area (Å²) in [6, 6.07) is 0. The van der Waals surface area contributed by atoms with Crippen LogP contribution in [0, 0.1) is 11.8 Å². The van der Waals surface area contributed by atoms with Crippen LogP contribution < -0.4 is 0 Å². The molecule has 0 saturated carbocycles. The number of aliphatic hydroxyl groups excluding tert-OH is 1. The maximum absolute atomic E-state index is 12.2. The zero-order chi connectivity index (χ0) is 17.6. The summed E-state index contributed by atoms with van der Waals surface area (Å²) in [7, 11) is 0. The maximum atomic E-state index is 12.2. The highest BCUT2D eigenvalue weighted by atomic mass is 16.5. The van der Waals surface area contributed by atoms with Crippen LogP contribution >= 0.6 is 0 Å². The van der Waals surface area contributed by atoms with E-state index < -0.39 is 23.6 Å². The van der Waals surface area contributed by atoms with Crippen LogP contribution in [0.15, 0.2) is 12.2 Å². The molecular weight excluding hydrogens is 300 g/mol. The average Bonchev–Trinajstić information content (AvgIpc) is 2.83. The SMILES string of the molecule is CCOC(=O)[C@@H]([C@@H]1C=C[C@H](OC(C)=O)C1)[C@@H](O)COC(C)(C)C. The fraction of sp³-hybridized carbons (Fsp3) is 0.765. The Morgan fingerprint density at radius 1 is 1.30 bits per heavy atom. The number of rotatable bonds is 7. The van der Waals surface area contributed by atoms with Gasteiger partial charge in [-0.25, -0.2) is 0 Å². The molecule has 0 spiro atoms. The third kappa shape index (κ3) is 6.71. The summed E-state index contributed by atoms with van der Waals surface area (Å²) in [5, 5.41) is 10.4. The molecule has 0 aromatic rings. The van der Waals surface area contributed by atoms with E-state index in [0.29, 0.717) is 6.42 Å². The van der Waals surface area contributed by atoms with Crippen molar-refractivity contribution in [2.24, 2.45) is 11.8 Å². The van der Waals surface area contributed by atoms with Crippen molar-refractivity contribution in [1.82, 2.24) is 0 Å². The number of allylic oxidation sites excluding steroid dienone is 1. The third-order valence-corrected chi connectivity index (χ3v) is 3.52. The number of aliphatic hydroxyl groups is 1. The Morgan fingerprint density at radius 2 is 1.96 bits per heavy atom. The van der Waals surface area contributed by atoms with Crippen molar-refractivity contribution in [3.05, 3.63) is 12.2 Å². The number of carbonyl (C=O) groups excluding carboxylic acids is 2. The molecule has 0 fully saturated rings.